The molecule has 1 aliphatic rings. The summed E-state index contributed by atoms with van der Waals surface area (Å²) in [6.07, 6.45) is 4.01. The number of para-hydroxylation sites is 1. The fourth-order valence-corrected chi connectivity index (χ4v) is 3.37. The van der Waals surface area contributed by atoms with Crippen molar-refractivity contribution in [2.45, 2.75) is 39.3 Å². The molecule has 0 N–H and O–H groups in total. The molecule has 1 fully saturated rings. The van der Waals surface area contributed by atoms with Crippen LogP contribution in [0.1, 0.15) is 41.5 Å². The second-order valence-electron chi connectivity index (χ2n) is 6.68. The molecule has 134 valence electrons. The van der Waals surface area contributed by atoms with Crippen molar-refractivity contribution in [2.24, 2.45) is 0 Å². The lowest BCUT2D eigenvalue weighted by Gasteiger charge is -2.24. The number of fused-ring (bicyclic) bond motifs is 1. The van der Waals surface area contributed by atoms with Crippen LogP contribution in [0.3, 0.4) is 0 Å². The Bertz CT molecular complexity index is 943. The van der Waals surface area contributed by atoms with Gasteiger partial charge in [-0.1, -0.05) is 24.3 Å². The van der Waals surface area contributed by atoms with Crippen molar-refractivity contribution in [2.75, 3.05) is 6.61 Å². The monoisotopic (exact) mass is 349 g/mol. The maximum Gasteiger partial charge on any atom is 0.273 e. The fraction of sp³-hybridized carbons (Fsp3) is 0.333. The van der Waals surface area contributed by atoms with Gasteiger partial charge in [0.15, 0.2) is 0 Å². The van der Waals surface area contributed by atoms with Crippen molar-refractivity contribution in [1.29, 1.82) is 0 Å². The molecule has 0 radical (unpaired) electrons. The second kappa shape index (κ2) is 6.83. The van der Waals surface area contributed by atoms with E-state index in [4.69, 9.17) is 4.74 Å². The van der Waals surface area contributed by atoms with E-state index in [1.165, 1.54) is 0 Å². The third-order valence-corrected chi connectivity index (χ3v) is 4.77. The van der Waals surface area contributed by atoms with Crippen molar-refractivity contribution in [3.63, 3.8) is 0 Å². The molecular formula is C21H23N3O2. The van der Waals surface area contributed by atoms with Gasteiger partial charge in [0.25, 0.3) is 5.91 Å². The van der Waals surface area contributed by atoms with E-state index in [2.05, 4.69) is 4.98 Å². The van der Waals surface area contributed by atoms with Crippen LogP contribution in [0, 0.1) is 6.92 Å². The Morgan fingerprint density at radius 2 is 2.00 bits per heavy atom. The molecule has 1 amide bonds. The lowest BCUT2D eigenvalue weighted by atomic mass is 10.1. The number of rotatable bonds is 6. The maximum absolute atomic E-state index is 13.4. The number of nitrogens with zero attached hydrogens (tertiary/aromatic N) is 3. The van der Waals surface area contributed by atoms with Crippen LogP contribution in [0.4, 0.5) is 0 Å². The molecule has 0 spiro atoms. The van der Waals surface area contributed by atoms with E-state index in [-0.39, 0.29) is 5.91 Å². The van der Waals surface area contributed by atoms with Crippen molar-refractivity contribution in [3.8, 4) is 5.75 Å². The van der Waals surface area contributed by atoms with Crippen LogP contribution in [-0.2, 0) is 6.54 Å². The van der Waals surface area contributed by atoms with Gasteiger partial charge in [-0.3, -0.25) is 9.20 Å². The number of hydrogen-bond donors (Lipinski definition) is 0. The number of amides is 1. The highest BCUT2D eigenvalue weighted by molar-refractivity contribution is 5.95. The fourth-order valence-electron chi connectivity index (χ4n) is 3.37. The van der Waals surface area contributed by atoms with Crippen molar-refractivity contribution >= 4 is 11.6 Å². The van der Waals surface area contributed by atoms with Crippen LogP contribution in [0.25, 0.3) is 5.65 Å². The van der Waals surface area contributed by atoms with Crippen LogP contribution in [0.5, 0.6) is 5.75 Å². The number of hydrogen-bond acceptors (Lipinski definition) is 3. The molecule has 1 saturated carbocycles. The first-order valence-corrected chi connectivity index (χ1v) is 9.14. The summed E-state index contributed by atoms with van der Waals surface area (Å²) in [4.78, 5) is 19.9. The molecule has 5 heteroatoms. The molecule has 1 aromatic carbocycles. The van der Waals surface area contributed by atoms with Gasteiger partial charge in [-0.25, -0.2) is 4.98 Å². The van der Waals surface area contributed by atoms with E-state index >= 15 is 0 Å². The van der Waals surface area contributed by atoms with Crippen LogP contribution in [0.2, 0.25) is 0 Å². The average Bonchev–Trinajstić information content (AvgIpc) is 3.42. The summed E-state index contributed by atoms with van der Waals surface area (Å²) in [6, 6.07) is 14.0. The van der Waals surface area contributed by atoms with Crippen LogP contribution >= 0.6 is 0 Å². The molecule has 0 bridgehead atoms. The van der Waals surface area contributed by atoms with E-state index in [0.29, 0.717) is 24.9 Å². The molecule has 2 aromatic heterocycles. The zero-order valence-electron chi connectivity index (χ0n) is 15.2. The predicted octanol–water partition coefficient (Wildman–Crippen LogP) is 3.85. The summed E-state index contributed by atoms with van der Waals surface area (Å²) >= 11 is 0. The molecule has 0 atom stereocenters. The third kappa shape index (κ3) is 3.05. The van der Waals surface area contributed by atoms with Gasteiger partial charge in [0.1, 0.15) is 17.1 Å². The molecule has 1 aliphatic carbocycles. The minimum absolute atomic E-state index is 0.0370. The third-order valence-electron chi connectivity index (χ3n) is 4.77. The Hall–Kier alpha value is -2.82. The normalized spacial score (nSPS) is 13.8. The zero-order chi connectivity index (χ0) is 18.1. The van der Waals surface area contributed by atoms with Gasteiger partial charge in [0, 0.05) is 24.3 Å². The van der Waals surface area contributed by atoms with Crippen LogP contribution in [-0.4, -0.2) is 32.8 Å². The molecule has 0 aliphatic heterocycles. The largest absolute Gasteiger partial charge is 0.494 e. The first-order chi connectivity index (χ1) is 12.7. The second-order valence-corrected chi connectivity index (χ2v) is 6.68. The lowest BCUT2D eigenvalue weighted by molar-refractivity contribution is 0.0720. The molecule has 2 heterocycles. The van der Waals surface area contributed by atoms with Crippen LogP contribution < -0.4 is 4.74 Å². The number of pyridine rings is 1. The predicted molar refractivity (Wildman–Crippen MR) is 100 cm³/mol. The highest BCUT2D eigenvalue weighted by Crippen LogP contribution is 2.32. The molecule has 26 heavy (non-hydrogen) atoms. The topological polar surface area (TPSA) is 46.8 Å². The summed E-state index contributed by atoms with van der Waals surface area (Å²) < 4.78 is 7.64. The standard InChI is InChI=1S/C21H23N3O2/c1-3-26-18-9-5-4-8-16(18)14-24(17-11-12-17)21(25)20-15(2)22-19-10-6-7-13-23(19)20/h4-10,13,17H,3,11-12,14H2,1-2H3. The Kier molecular flexibility index (Phi) is 4.37. The Morgan fingerprint density at radius 1 is 1.23 bits per heavy atom. The number of aromatic nitrogens is 2. The number of imidazole rings is 1. The summed E-state index contributed by atoms with van der Waals surface area (Å²) in [5, 5.41) is 0. The van der Waals surface area contributed by atoms with E-state index in [9.17, 15) is 4.79 Å². The van der Waals surface area contributed by atoms with Crippen molar-refractivity contribution < 1.29 is 9.53 Å². The maximum atomic E-state index is 13.4. The number of carbonyl (C=O) groups is 1. The lowest BCUT2D eigenvalue weighted by Crippen LogP contribution is -2.34. The molecule has 5 nitrogen and oxygen atoms in total. The van der Waals surface area contributed by atoms with E-state index in [1.54, 1.807) is 0 Å². The highest BCUT2D eigenvalue weighted by atomic mass is 16.5. The summed E-state index contributed by atoms with van der Waals surface area (Å²) in [7, 11) is 0. The minimum atomic E-state index is 0.0370. The molecule has 4 rings (SSSR count). The molecule has 3 aromatic rings. The van der Waals surface area contributed by atoms with E-state index in [0.717, 1.165) is 35.5 Å². The summed E-state index contributed by atoms with van der Waals surface area (Å²) in [5.41, 5.74) is 3.27. The summed E-state index contributed by atoms with van der Waals surface area (Å²) in [5.74, 6) is 0.887. The van der Waals surface area contributed by atoms with Crippen molar-refractivity contribution in [1.82, 2.24) is 14.3 Å². The molecule has 0 unspecified atom stereocenters. The minimum Gasteiger partial charge on any atom is -0.494 e. The quantitative estimate of drug-likeness (QED) is 0.679. The number of aryl methyl sites for hydroxylation is 1. The van der Waals surface area contributed by atoms with Crippen molar-refractivity contribution in [3.05, 3.63) is 65.6 Å². The first kappa shape index (κ1) is 16.6. The molecule has 0 saturated heterocycles. The Labute approximate surface area is 153 Å². The van der Waals surface area contributed by atoms with Gasteiger partial charge < -0.3 is 9.64 Å². The SMILES string of the molecule is CCOc1ccccc1CN(C(=O)c1c(C)nc2ccccn12)C1CC1. The zero-order valence-corrected chi connectivity index (χ0v) is 15.2. The Morgan fingerprint density at radius 3 is 2.77 bits per heavy atom. The van der Waals surface area contributed by atoms with E-state index < -0.39 is 0 Å². The number of carbonyl (C=O) groups excluding carboxylic acids is 1. The smallest absolute Gasteiger partial charge is 0.273 e. The first-order valence-electron chi connectivity index (χ1n) is 9.14. The van der Waals surface area contributed by atoms with Gasteiger partial charge in [0.2, 0.25) is 0 Å². The Balaban J connectivity index is 1.69. The van der Waals surface area contributed by atoms with Gasteiger partial charge in [-0.2, -0.15) is 0 Å². The number of ether oxygens (including phenoxy) is 1. The highest BCUT2D eigenvalue weighted by Gasteiger charge is 2.35. The van der Waals surface area contributed by atoms with Gasteiger partial charge in [0.05, 0.1) is 12.3 Å². The number of benzene rings is 1. The van der Waals surface area contributed by atoms with Crippen LogP contribution in [0.15, 0.2) is 48.7 Å². The molecular weight excluding hydrogens is 326 g/mol. The van der Waals surface area contributed by atoms with Gasteiger partial charge in [-0.05, 0) is 44.9 Å². The van der Waals surface area contributed by atoms with E-state index in [1.807, 2.05) is 71.8 Å². The summed E-state index contributed by atoms with van der Waals surface area (Å²) in [6.45, 7) is 5.04. The van der Waals surface area contributed by atoms with Gasteiger partial charge in [-0.15, -0.1) is 0 Å². The average molecular weight is 349 g/mol. The van der Waals surface area contributed by atoms with Gasteiger partial charge >= 0.3 is 0 Å².